The maximum Gasteiger partial charge on any atom is 0.326 e. The third kappa shape index (κ3) is 5.06. The first-order valence-electron chi connectivity index (χ1n) is 6.44. The minimum atomic E-state index is -3.50. The standard InChI is InChI=1S/C11H20N2O6S/c1-2-9(11(15)16)12-10(14)3-8-20(17,18)13-4-6-19-7-5-13/h9H,2-8H2,1H3,(H,12,14)(H,15,16). The summed E-state index contributed by atoms with van der Waals surface area (Å²) in [5, 5.41) is 11.1. The molecule has 1 saturated heterocycles. The van der Waals surface area contributed by atoms with Gasteiger partial charge in [-0.15, -0.1) is 0 Å². The van der Waals surface area contributed by atoms with E-state index >= 15 is 0 Å². The van der Waals surface area contributed by atoms with Crippen LogP contribution in [0.4, 0.5) is 0 Å². The Labute approximate surface area is 118 Å². The van der Waals surface area contributed by atoms with Gasteiger partial charge in [0.2, 0.25) is 15.9 Å². The number of sulfonamides is 1. The molecule has 1 unspecified atom stereocenters. The number of carbonyl (C=O) groups excluding carboxylic acids is 1. The zero-order chi connectivity index (χ0) is 15.2. The summed E-state index contributed by atoms with van der Waals surface area (Å²) in [4.78, 5) is 22.3. The quantitative estimate of drug-likeness (QED) is 0.625. The molecule has 1 aliphatic heterocycles. The van der Waals surface area contributed by atoms with Crippen LogP contribution >= 0.6 is 0 Å². The molecular weight excluding hydrogens is 288 g/mol. The molecule has 9 heteroatoms. The second kappa shape index (κ2) is 7.55. The van der Waals surface area contributed by atoms with Gasteiger partial charge in [-0.2, -0.15) is 4.31 Å². The van der Waals surface area contributed by atoms with Crippen molar-refractivity contribution in [3.63, 3.8) is 0 Å². The summed E-state index contributed by atoms with van der Waals surface area (Å²) in [7, 11) is -3.50. The van der Waals surface area contributed by atoms with Crippen molar-refractivity contribution in [1.82, 2.24) is 9.62 Å². The third-order valence-electron chi connectivity index (χ3n) is 2.99. The molecule has 20 heavy (non-hydrogen) atoms. The molecule has 116 valence electrons. The molecular formula is C11H20N2O6S. The summed E-state index contributed by atoms with van der Waals surface area (Å²) < 4.78 is 30.3. The van der Waals surface area contributed by atoms with Crippen molar-refractivity contribution in [1.29, 1.82) is 0 Å². The van der Waals surface area contributed by atoms with Gasteiger partial charge >= 0.3 is 5.97 Å². The minimum Gasteiger partial charge on any atom is -0.480 e. The van der Waals surface area contributed by atoms with E-state index in [-0.39, 0.29) is 31.7 Å². The van der Waals surface area contributed by atoms with E-state index in [1.54, 1.807) is 6.92 Å². The number of aliphatic carboxylic acids is 1. The number of rotatable bonds is 7. The lowest BCUT2D eigenvalue weighted by atomic mass is 10.2. The highest BCUT2D eigenvalue weighted by Gasteiger charge is 2.25. The van der Waals surface area contributed by atoms with Gasteiger partial charge in [0.1, 0.15) is 6.04 Å². The van der Waals surface area contributed by atoms with Crippen LogP contribution in [0.3, 0.4) is 0 Å². The van der Waals surface area contributed by atoms with Crippen LogP contribution in [0.25, 0.3) is 0 Å². The fraction of sp³-hybridized carbons (Fsp3) is 0.818. The molecule has 0 spiro atoms. The zero-order valence-electron chi connectivity index (χ0n) is 11.4. The molecule has 1 heterocycles. The number of carboxylic acid groups (broad SMARTS) is 1. The Bertz CT molecular complexity index is 444. The Balaban J connectivity index is 2.45. The number of carbonyl (C=O) groups is 2. The molecule has 1 fully saturated rings. The van der Waals surface area contributed by atoms with Crippen LogP contribution in [0.15, 0.2) is 0 Å². The summed E-state index contributed by atoms with van der Waals surface area (Å²) in [6.45, 7) is 2.90. The fourth-order valence-corrected chi connectivity index (χ4v) is 3.19. The summed E-state index contributed by atoms with van der Waals surface area (Å²) >= 11 is 0. The number of hydrogen-bond donors (Lipinski definition) is 2. The molecule has 0 radical (unpaired) electrons. The van der Waals surface area contributed by atoms with Gasteiger partial charge in [-0.1, -0.05) is 6.92 Å². The van der Waals surface area contributed by atoms with Gasteiger partial charge in [0.25, 0.3) is 0 Å². The van der Waals surface area contributed by atoms with Crippen molar-refractivity contribution in [2.24, 2.45) is 0 Å². The van der Waals surface area contributed by atoms with Gasteiger partial charge < -0.3 is 15.2 Å². The SMILES string of the molecule is CCC(NC(=O)CCS(=O)(=O)N1CCOCC1)C(=O)O. The normalized spacial score (nSPS) is 18.4. The number of morpholine rings is 1. The summed E-state index contributed by atoms with van der Waals surface area (Å²) in [6.07, 6.45) is 0.000752. The van der Waals surface area contributed by atoms with Crippen LogP contribution in [0.5, 0.6) is 0 Å². The maximum atomic E-state index is 12.0. The summed E-state index contributed by atoms with van der Waals surface area (Å²) in [6, 6.07) is -0.978. The van der Waals surface area contributed by atoms with Crippen LogP contribution in [0, 0.1) is 0 Å². The van der Waals surface area contributed by atoms with E-state index in [0.717, 1.165) is 0 Å². The van der Waals surface area contributed by atoms with E-state index in [2.05, 4.69) is 5.32 Å². The van der Waals surface area contributed by atoms with Gasteiger partial charge in [0, 0.05) is 19.5 Å². The Kier molecular flexibility index (Phi) is 6.37. The Morgan fingerprint density at radius 2 is 1.95 bits per heavy atom. The van der Waals surface area contributed by atoms with Crippen LogP contribution in [-0.2, 0) is 24.3 Å². The zero-order valence-corrected chi connectivity index (χ0v) is 12.2. The number of carboxylic acids is 1. The topological polar surface area (TPSA) is 113 Å². The number of amides is 1. The predicted molar refractivity (Wildman–Crippen MR) is 70.7 cm³/mol. The average molecular weight is 308 g/mol. The highest BCUT2D eigenvalue weighted by molar-refractivity contribution is 7.89. The van der Waals surface area contributed by atoms with E-state index in [0.29, 0.717) is 13.2 Å². The van der Waals surface area contributed by atoms with Crippen molar-refractivity contribution in [2.75, 3.05) is 32.1 Å². The molecule has 1 rings (SSSR count). The Morgan fingerprint density at radius 3 is 2.45 bits per heavy atom. The van der Waals surface area contributed by atoms with Crippen LogP contribution in [0.2, 0.25) is 0 Å². The smallest absolute Gasteiger partial charge is 0.326 e. The first-order chi connectivity index (χ1) is 9.36. The monoisotopic (exact) mass is 308 g/mol. The minimum absolute atomic E-state index is 0.247. The van der Waals surface area contributed by atoms with Crippen molar-refractivity contribution in [2.45, 2.75) is 25.8 Å². The molecule has 0 saturated carbocycles. The number of ether oxygens (including phenoxy) is 1. The van der Waals surface area contributed by atoms with Crippen LogP contribution < -0.4 is 5.32 Å². The lowest BCUT2D eigenvalue weighted by Crippen LogP contribution is -2.44. The van der Waals surface area contributed by atoms with Crippen molar-refractivity contribution >= 4 is 21.9 Å². The molecule has 2 N–H and O–H groups in total. The highest BCUT2D eigenvalue weighted by Crippen LogP contribution is 2.07. The van der Waals surface area contributed by atoms with E-state index in [9.17, 15) is 18.0 Å². The lowest BCUT2D eigenvalue weighted by molar-refractivity contribution is -0.141. The number of hydrogen-bond acceptors (Lipinski definition) is 5. The molecule has 8 nitrogen and oxygen atoms in total. The fourth-order valence-electron chi connectivity index (χ4n) is 1.78. The van der Waals surface area contributed by atoms with Crippen molar-refractivity contribution in [3.8, 4) is 0 Å². The predicted octanol–water partition coefficient (Wildman–Crippen LogP) is -0.982. The third-order valence-corrected chi connectivity index (χ3v) is 4.86. The van der Waals surface area contributed by atoms with Crippen LogP contribution in [-0.4, -0.2) is 67.8 Å². The molecule has 1 aliphatic rings. The average Bonchev–Trinajstić information content (AvgIpc) is 2.43. The Hall–Kier alpha value is -1.19. The molecule has 0 aromatic heterocycles. The van der Waals surface area contributed by atoms with E-state index in [4.69, 9.17) is 9.84 Å². The second-order valence-electron chi connectivity index (χ2n) is 4.44. The van der Waals surface area contributed by atoms with Crippen molar-refractivity contribution in [3.05, 3.63) is 0 Å². The molecule has 0 aromatic rings. The van der Waals surface area contributed by atoms with Gasteiger partial charge in [-0.05, 0) is 6.42 Å². The summed E-state index contributed by atoms with van der Waals surface area (Å²) in [5.74, 6) is -2.03. The van der Waals surface area contributed by atoms with E-state index in [1.807, 2.05) is 0 Å². The van der Waals surface area contributed by atoms with E-state index in [1.165, 1.54) is 4.31 Å². The molecule has 0 aliphatic carbocycles. The largest absolute Gasteiger partial charge is 0.480 e. The number of nitrogens with zero attached hydrogens (tertiary/aromatic N) is 1. The van der Waals surface area contributed by atoms with Gasteiger partial charge in [0.15, 0.2) is 0 Å². The Morgan fingerprint density at radius 1 is 1.35 bits per heavy atom. The maximum absolute atomic E-state index is 12.0. The first kappa shape index (κ1) is 16.9. The van der Waals surface area contributed by atoms with E-state index < -0.39 is 27.9 Å². The molecule has 1 atom stereocenters. The van der Waals surface area contributed by atoms with Crippen molar-refractivity contribution < 1.29 is 27.9 Å². The molecule has 0 aromatic carbocycles. The van der Waals surface area contributed by atoms with Gasteiger partial charge in [0.05, 0.1) is 19.0 Å². The highest BCUT2D eigenvalue weighted by atomic mass is 32.2. The second-order valence-corrected chi connectivity index (χ2v) is 6.53. The lowest BCUT2D eigenvalue weighted by Gasteiger charge is -2.26. The van der Waals surface area contributed by atoms with Crippen LogP contribution in [0.1, 0.15) is 19.8 Å². The number of nitrogens with one attached hydrogen (secondary N) is 1. The molecule has 1 amide bonds. The first-order valence-corrected chi connectivity index (χ1v) is 8.05. The van der Waals surface area contributed by atoms with Gasteiger partial charge in [-0.25, -0.2) is 13.2 Å². The molecule has 0 bridgehead atoms. The summed E-state index contributed by atoms with van der Waals surface area (Å²) in [5.41, 5.74) is 0. The van der Waals surface area contributed by atoms with Gasteiger partial charge in [-0.3, -0.25) is 4.79 Å².